The van der Waals surface area contributed by atoms with Gasteiger partial charge in [0.15, 0.2) is 0 Å². The van der Waals surface area contributed by atoms with Crippen molar-refractivity contribution < 1.29 is 31.5 Å². The van der Waals surface area contributed by atoms with Gasteiger partial charge in [-0.3, -0.25) is 9.78 Å². The number of nitrogens with zero attached hydrogens (tertiary/aromatic N) is 1. The highest BCUT2D eigenvalue weighted by molar-refractivity contribution is 7.89. The molecule has 0 saturated carbocycles. The Morgan fingerprint density at radius 2 is 1.80 bits per heavy atom. The molecule has 0 aliphatic carbocycles. The van der Waals surface area contributed by atoms with Crippen LogP contribution in [0, 0.1) is 0 Å². The lowest BCUT2D eigenvalue weighted by atomic mass is 9.94. The standard InChI is InChI=1S/C20H23F3N2O4S/c21-20(22,23)17-8-10-18(11-9-17)30(28,29)25-14-16(15-6-4-12-24-13-15)5-2-1-3-7-19(26)27/h4,6,8-13,16,25H,1-3,5,7,14H2,(H,26,27). The van der Waals surface area contributed by atoms with Crippen LogP contribution in [0.3, 0.4) is 0 Å². The average Bonchev–Trinajstić information content (AvgIpc) is 2.70. The number of sulfonamides is 1. The molecule has 0 bridgehead atoms. The topological polar surface area (TPSA) is 96.4 Å². The van der Waals surface area contributed by atoms with Gasteiger partial charge in [0.2, 0.25) is 10.0 Å². The van der Waals surface area contributed by atoms with Crippen LogP contribution in [0.4, 0.5) is 13.2 Å². The van der Waals surface area contributed by atoms with E-state index in [-0.39, 0.29) is 23.8 Å². The van der Waals surface area contributed by atoms with Crippen LogP contribution in [0.15, 0.2) is 53.7 Å². The molecule has 1 aromatic carbocycles. The van der Waals surface area contributed by atoms with Gasteiger partial charge in [0.25, 0.3) is 0 Å². The molecule has 30 heavy (non-hydrogen) atoms. The minimum Gasteiger partial charge on any atom is -0.481 e. The van der Waals surface area contributed by atoms with Gasteiger partial charge in [-0.25, -0.2) is 13.1 Å². The molecule has 10 heteroatoms. The molecule has 0 radical (unpaired) electrons. The molecule has 2 N–H and O–H groups in total. The summed E-state index contributed by atoms with van der Waals surface area (Å²) in [7, 11) is -3.99. The van der Waals surface area contributed by atoms with Crippen LogP contribution in [0.25, 0.3) is 0 Å². The van der Waals surface area contributed by atoms with Crippen molar-refractivity contribution in [2.24, 2.45) is 0 Å². The van der Waals surface area contributed by atoms with Crippen molar-refractivity contribution in [3.8, 4) is 0 Å². The molecule has 1 aromatic heterocycles. The third kappa shape index (κ3) is 7.42. The zero-order chi connectivity index (χ0) is 22.2. The summed E-state index contributed by atoms with van der Waals surface area (Å²) >= 11 is 0. The molecule has 164 valence electrons. The van der Waals surface area contributed by atoms with Crippen molar-refractivity contribution >= 4 is 16.0 Å². The molecule has 0 spiro atoms. The molecule has 0 saturated heterocycles. The van der Waals surface area contributed by atoms with Gasteiger partial charge >= 0.3 is 12.1 Å². The second kappa shape index (κ2) is 10.5. The van der Waals surface area contributed by atoms with Crippen LogP contribution in [-0.4, -0.2) is 31.0 Å². The van der Waals surface area contributed by atoms with Crippen molar-refractivity contribution in [1.29, 1.82) is 0 Å². The molecular weight excluding hydrogens is 421 g/mol. The van der Waals surface area contributed by atoms with Crippen LogP contribution in [0.1, 0.15) is 49.1 Å². The molecule has 6 nitrogen and oxygen atoms in total. The van der Waals surface area contributed by atoms with E-state index in [0.717, 1.165) is 29.8 Å². The zero-order valence-electron chi connectivity index (χ0n) is 16.1. The summed E-state index contributed by atoms with van der Waals surface area (Å²) in [4.78, 5) is 14.4. The lowest BCUT2D eigenvalue weighted by Gasteiger charge is -2.18. The molecule has 2 rings (SSSR count). The van der Waals surface area contributed by atoms with Gasteiger partial charge in [0, 0.05) is 25.4 Å². The monoisotopic (exact) mass is 444 g/mol. The highest BCUT2D eigenvalue weighted by atomic mass is 32.2. The fraction of sp³-hybridized carbons (Fsp3) is 0.400. The number of aliphatic carboxylic acids is 1. The Morgan fingerprint density at radius 1 is 1.10 bits per heavy atom. The fourth-order valence-corrected chi connectivity index (χ4v) is 4.05. The summed E-state index contributed by atoms with van der Waals surface area (Å²) in [5.74, 6) is -1.06. The van der Waals surface area contributed by atoms with Crippen molar-refractivity contribution in [2.45, 2.75) is 49.1 Å². The lowest BCUT2D eigenvalue weighted by Crippen LogP contribution is -2.28. The number of carbonyl (C=O) groups is 1. The maximum atomic E-state index is 12.7. The molecule has 0 fully saturated rings. The minimum absolute atomic E-state index is 0.0496. The minimum atomic E-state index is -4.54. The number of carboxylic acids is 1. The Balaban J connectivity index is 2.03. The van der Waals surface area contributed by atoms with Gasteiger partial charge < -0.3 is 5.11 Å². The Hall–Kier alpha value is -2.46. The van der Waals surface area contributed by atoms with Crippen LogP contribution in [0.5, 0.6) is 0 Å². The van der Waals surface area contributed by atoms with Crippen LogP contribution in [-0.2, 0) is 21.0 Å². The van der Waals surface area contributed by atoms with E-state index in [1.54, 1.807) is 18.5 Å². The number of unbranched alkanes of at least 4 members (excludes halogenated alkanes) is 2. The third-order valence-electron chi connectivity index (χ3n) is 4.61. The highest BCUT2D eigenvalue weighted by Crippen LogP contribution is 2.30. The molecule has 2 aromatic rings. The van der Waals surface area contributed by atoms with E-state index in [9.17, 15) is 26.4 Å². The van der Waals surface area contributed by atoms with E-state index >= 15 is 0 Å². The maximum Gasteiger partial charge on any atom is 0.416 e. The molecule has 0 amide bonds. The first kappa shape index (κ1) is 23.8. The van der Waals surface area contributed by atoms with Gasteiger partial charge in [0.1, 0.15) is 0 Å². The first-order valence-corrected chi connectivity index (χ1v) is 10.9. The Labute approximate surface area is 173 Å². The van der Waals surface area contributed by atoms with Gasteiger partial charge in [-0.2, -0.15) is 13.2 Å². The number of halogens is 3. The molecule has 0 aliphatic heterocycles. The number of aromatic nitrogens is 1. The number of benzene rings is 1. The normalized spacial score (nSPS) is 13.2. The molecule has 1 heterocycles. The summed E-state index contributed by atoms with van der Waals surface area (Å²) in [6.07, 6.45) is 1.31. The second-order valence-corrected chi connectivity index (χ2v) is 8.62. The lowest BCUT2D eigenvalue weighted by molar-refractivity contribution is -0.138. The quantitative estimate of drug-likeness (QED) is 0.507. The third-order valence-corrected chi connectivity index (χ3v) is 6.05. The van der Waals surface area contributed by atoms with E-state index in [4.69, 9.17) is 5.11 Å². The first-order chi connectivity index (χ1) is 14.1. The summed E-state index contributed by atoms with van der Waals surface area (Å²) in [5, 5.41) is 8.70. The Kier molecular flexibility index (Phi) is 8.36. The van der Waals surface area contributed by atoms with Gasteiger partial charge in [0.05, 0.1) is 10.5 Å². The Morgan fingerprint density at radius 3 is 2.37 bits per heavy atom. The zero-order valence-corrected chi connectivity index (χ0v) is 16.9. The van der Waals surface area contributed by atoms with E-state index < -0.39 is 27.7 Å². The van der Waals surface area contributed by atoms with Crippen LogP contribution in [0.2, 0.25) is 0 Å². The van der Waals surface area contributed by atoms with Crippen molar-refractivity contribution in [2.75, 3.05) is 6.54 Å². The first-order valence-electron chi connectivity index (χ1n) is 9.38. The van der Waals surface area contributed by atoms with Crippen molar-refractivity contribution in [3.63, 3.8) is 0 Å². The largest absolute Gasteiger partial charge is 0.481 e. The fourth-order valence-electron chi connectivity index (χ4n) is 2.96. The summed E-state index contributed by atoms with van der Waals surface area (Å²) in [5.41, 5.74) is -0.0955. The number of pyridine rings is 1. The number of nitrogens with one attached hydrogen (secondary N) is 1. The van der Waals surface area contributed by atoms with E-state index in [2.05, 4.69) is 9.71 Å². The van der Waals surface area contributed by atoms with Gasteiger partial charge in [-0.1, -0.05) is 18.9 Å². The molecule has 1 unspecified atom stereocenters. The van der Waals surface area contributed by atoms with E-state index in [1.807, 2.05) is 6.07 Å². The van der Waals surface area contributed by atoms with E-state index in [0.29, 0.717) is 25.7 Å². The van der Waals surface area contributed by atoms with Crippen LogP contribution >= 0.6 is 0 Å². The SMILES string of the molecule is O=C(O)CCCCCC(CNS(=O)(=O)c1ccc(C(F)(F)F)cc1)c1cccnc1. The summed E-state index contributed by atoms with van der Waals surface area (Å²) in [6.45, 7) is 0.0496. The van der Waals surface area contributed by atoms with E-state index in [1.165, 1.54) is 0 Å². The summed E-state index contributed by atoms with van der Waals surface area (Å²) < 4.78 is 65.5. The molecule has 1 atom stereocenters. The summed E-state index contributed by atoms with van der Waals surface area (Å²) in [6, 6.07) is 6.87. The maximum absolute atomic E-state index is 12.7. The molecular formula is C20H23F3N2O4S. The number of alkyl halides is 3. The predicted molar refractivity (Wildman–Crippen MR) is 104 cm³/mol. The van der Waals surface area contributed by atoms with Crippen molar-refractivity contribution in [1.82, 2.24) is 9.71 Å². The number of rotatable bonds is 11. The Bertz CT molecular complexity index is 917. The van der Waals surface area contributed by atoms with Crippen molar-refractivity contribution in [3.05, 3.63) is 59.9 Å². The number of carboxylic acid groups (broad SMARTS) is 1. The number of hydrogen-bond acceptors (Lipinski definition) is 4. The number of hydrogen-bond donors (Lipinski definition) is 2. The highest BCUT2D eigenvalue weighted by Gasteiger charge is 2.30. The van der Waals surface area contributed by atoms with Gasteiger partial charge in [-0.15, -0.1) is 0 Å². The van der Waals surface area contributed by atoms with Gasteiger partial charge in [-0.05, 0) is 54.7 Å². The molecule has 0 aliphatic rings. The van der Waals surface area contributed by atoms with Crippen LogP contribution < -0.4 is 4.72 Å². The second-order valence-electron chi connectivity index (χ2n) is 6.85. The average molecular weight is 444 g/mol. The predicted octanol–water partition coefficient (Wildman–Crippen LogP) is 4.20. The smallest absolute Gasteiger partial charge is 0.416 e.